The first-order valence-electron chi connectivity index (χ1n) is 7.14. The summed E-state index contributed by atoms with van der Waals surface area (Å²) in [5, 5.41) is 5.27. The number of rotatable bonds is 3. The van der Waals surface area contributed by atoms with E-state index in [0.29, 0.717) is 5.95 Å². The number of halogens is 3. The third-order valence-corrected chi connectivity index (χ3v) is 2.88. The summed E-state index contributed by atoms with van der Waals surface area (Å²) in [4.78, 5) is 20.1. The molecule has 0 radical (unpaired) electrons. The van der Waals surface area contributed by atoms with Crippen molar-refractivity contribution in [3.63, 3.8) is 0 Å². The first-order valence-corrected chi connectivity index (χ1v) is 7.14. The highest BCUT2D eigenvalue weighted by molar-refractivity contribution is 6.04. The number of amides is 1. The highest BCUT2D eigenvalue weighted by Gasteiger charge is 2.33. The summed E-state index contributed by atoms with van der Waals surface area (Å²) in [5.74, 6) is -0.385. The molecule has 1 heterocycles. The number of carbonyl (C=O) groups is 1. The highest BCUT2D eigenvalue weighted by Crippen LogP contribution is 2.34. The van der Waals surface area contributed by atoms with Crippen LogP contribution >= 0.6 is 0 Å². The van der Waals surface area contributed by atoms with E-state index in [4.69, 9.17) is 0 Å². The van der Waals surface area contributed by atoms with Crippen molar-refractivity contribution >= 4 is 17.5 Å². The van der Waals surface area contributed by atoms with Crippen molar-refractivity contribution in [1.29, 1.82) is 0 Å². The molecular formula is C16H17F3N4O. The fourth-order valence-corrected chi connectivity index (χ4v) is 1.88. The van der Waals surface area contributed by atoms with Gasteiger partial charge >= 0.3 is 6.18 Å². The Kier molecular flexibility index (Phi) is 4.77. The van der Waals surface area contributed by atoms with E-state index in [-0.39, 0.29) is 16.8 Å². The van der Waals surface area contributed by atoms with Crippen LogP contribution in [0.3, 0.4) is 0 Å². The maximum Gasteiger partial charge on any atom is 0.418 e. The van der Waals surface area contributed by atoms with Crippen LogP contribution < -0.4 is 10.6 Å². The van der Waals surface area contributed by atoms with Crippen LogP contribution in [0.15, 0.2) is 36.7 Å². The molecule has 0 saturated carbocycles. The van der Waals surface area contributed by atoms with E-state index in [1.165, 1.54) is 30.6 Å². The normalized spacial score (nSPS) is 11.9. The van der Waals surface area contributed by atoms with Gasteiger partial charge in [0.15, 0.2) is 0 Å². The Morgan fingerprint density at radius 2 is 1.62 bits per heavy atom. The molecule has 0 saturated heterocycles. The van der Waals surface area contributed by atoms with Gasteiger partial charge in [0.1, 0.15) is 0 Å². The third kappa shape index (κ3) is 4.68. The molecule has 128 valence electrons. The van der Waals surface area contributed by atoms with E-state index >= 15 is 0 Å². The van der Waals surface area contributed by atoms with Crippen molar-refractivity contribution in [2.45, 2.75) is 32.5 Å². The first kappa shape index (κ1) is 17.7. The van der Waals surface area contributed by atoms with Crippen LogP contribution in [0.2, 0.25) is 0 Å². The smallest absolute Gasteiger partial charge is 0.350 e. The molecule has 5 nitrogen and oxygen atoms in total. The summed E-state index contributed by atoms with van der Waals surface area (Å²) in [6.45, 7) is 5.77. The van der Waals surface area contributed by atoms with Gasteiger partial charge in [-0.15, -0.1) is 0 Å². The Labute approximate surface area is 137 Å². The molecule has 0 unspecified atom stereocenters. The molecule has 0 bridgehead atoms. The molecule has 0 atom stereocenters. The predicted octanol–water partition coefficient (Wildman–Crippen LogP) is 3.96. The average Bonchev–Trinajstić information content (AvgIpc) is 2.45. The standard InChI is InChI=1S/C16H17F3N4O/c1-15(2,3)23-14-20-8-10(9-21-14)13(24)22-12-7-5-4-6-11(12)16(17,18)19/h4-9H,1-3H3,(H,22,24)(H,20,21,23). The summed E-state index contributed by atoms with van der Waals surface area (Å²) in [7, 11) is 0. The first-order chi connectivity index (χ1) is 11.1. The second kappa shape index (κ2) is 6.46. The van der Waals surface area contributed by atoms with E-state index in [0.717, 1.165) is 6.07 Å². The number of alkyl halides is 3. The molecule has 0 aliphatic carbocycles. The van der Waals surface area contributed by atoms with Crippen LogP contribution in [-0.4, -0.2) is 21.4 Å². The molecule has 1 aromatic heterocycles. The van der Waals surface area contributed by atoms with Crippen molar-refractivity contribution < 1.29 is 18.0 Å². The van der Waals surface area contributed by atoms with E-state index in [1.54, 1.807) is 0 Å². The Morgan fingerprint density at radius 3 is 2.17 bits per heavy atom. The minimum absolute atomic E-state index is 0.0615. The minimum Gasteiger partial charge on any atom is -0.350 e. The van der Waals surface area contributed by atoms with Crippen molar-refractivity contribution in [2.75, 3.05) is 10.6 Å². The molecular weight excluding hydrogens is 321 g/mol. The number of benzene rings is 1. The molecule has 2 aromatic rings. The monoisotopic (exact) mass is 338 g/mol. The Bertz CT molecular complexity index is 721. The molecule has 1 aromatic carbocycles. The number of anilines is 2. The van der Waals surface area contributed by atoms with Crippen molar-refractivity contribution in [3.05, 3.63) is 47.8 Å². The van der Waals surface area contributed by atoms with Gasteiger partial charge in [0, 0.05) is 17.9 Å². The van der Waals surface area contributed by atoms with Gasteiger partial charge in [-0.1, -0.05) is 12.1 Å². The molecule has 24 heavy (non-hydrogen) atoms. The number of aromatic nitrogens is 2. The lowest BCUT2D eigenvalue weighted by atomic mass is 10.1. The second-order valence-corrected chi connectivity index (χ2v) is 6.17. The van der Waals surface area contributed by atoms with Gasteiger partial charge in [0.2, 0.25) is 5.95 Å². The lowest BCUT2D eigenvalue weighted by Gasteiger charge is -2.20. The number of para-hydroxylation sites is 1. The van der Waals surface area contributed by atoms with Gasteiger partial charge in [-0.25, -0.2) is 9.97 Å². The van der Waals surface area contributed by atoms with Gasteiger partial charge < -0.3 is 10.6 Å². The van der Waals surface area contributed by atoms with Crippen LogP contribution in [0.1, 0.15) is 36.7 Å². The topological polar surface area (TPSA) is 66.9 Å². The van der Waals surface area contributed by atoms with Crippen LogP contribution in [0.4, 0.5) is 24.8 Å². The molecule has 0 aliphatic rings. The predicted molar refractivity (Wildman–Crippen MR) is 84.8 cm³/mol. The summed E-state index contributed by atoms with van der Waals surface area (Å²) >= 11 is 0. The molecule has 0 fully saturated rings. The van der Waals surface area contributed by atoms with Crippen LogP contribution in [0.25, 0.3) is 0 Å². The van der Waals surface area contributed by atoms with E-state index in [2.05, 4.69) is 20.6 Å². The van der Waals surface area contributed by atoms with Crippen LogP contribution in [0.5, 0.6) is 0 Å². The van der Waals surface area contributed by atoms with Crippen molar-refractivity contribution in [2.24, 2.45) is 0 Å². The zero-order valence-electron chi connectivity index (χ0n) is 13.4. The summed E-state index contributed by atoms with van der Waals surface area (Å²) in [6, 6.07) is 4.77. The lowest BCUT2D eigenvalue weighted by Crippen LogP contribution is -2.27. The molecule has 2 N–H and O–H groups in total. The van der Waals surface area contributed by atoms with Gasteiger partial charge in [-0.2, -0.15) is 13.2 Å². The summed E-state index contributed by atoms with van der Waals surface area (Å²) in [6.07, 6.45) is -2.04. The van der Waals surface area contributed by atoms with E-state index in [9.17, 15) is 18.0 Å². The number of hydrogen-bond acceptors (Lipinski definition) is 4. The van der Waals surface area contributed by atoms with E-state index in [1.807, 2.05) is 20.8 Å². The minimum atomic E-state index is -4.55. The fraction of sp³-hybridized carbons (Fsp3) is 0.312. The zero-order chi connectivity index (χ0) is 18.0. The molecule has 0 spiro atoms. The summed E-state index contributed by atoms with van der Waals surface area (Å²) in [5.41, 5.74) is -1.42. The van der Waals surface area contributed by atoms with Crippen molar-refractivity contribution in [1.82, 2.24) is 9.97 Å². The maximum absolute atomic E-state index is 12.9. The molecule has 0 aliphatic heterocycles. The van der Waals surface area contributed by atoms with Gasteiger partial charge in [0.05, 0.1) is 16.8 Å². The largest absolute Gasteiger partial charge is 0.418 e. The third-order valence-electron chi connectivity index (χ3n) is 2.88. The number of nitrogens with zero attached hydrogens (tertiary/aromatic N) is 2. The number of nitrogens with one attached hydrogen (secondary N) is 2. The summed E-state index contributed by atoms with van der Waals surface area (Å²) < 4.78 is 38.8. The van der Waals surface area contributed by atoms with Gasteiger partial charge in [-0.3, -0.25) is 4.79 Å². The quantitative estimate of drug-likeness (QED) is 0.889. The van der Waals surface area contributed by atoms with Crippen LogP contribution in [-0.2, 0) is 6.18 Å². The van der Waals surface area contributed by atoms with Crippen molar-refractivity contribution in [3.8, 4) is 0 Å². The van der Waals surface area contributed by atoms with E-state index < -0.39 is 17.6 Å². The van der Waals surface area contributed by atoms with Crippen LogP contribution in [0, 0.1) is 0 Å². The Morgan fingerprint density at radius 1 is 1.04 bits per heavy atom. The highest BCUT2D eigenvalue weighted by atomic mass is 19.4. The fourth-order valence-electron chi connectivity index (χ4n) is 1.88. The maximum atomic E-state index is 12.9. The molecule has 8 heteroatoms. The lowest BCUT2D eigenvalue weighted by molar-refractivity contribution is -0.136. The average molecular weight is 338 g/mol. The molecule has 1 amide bonds. The second-order valence-electron chi connectivity index (χ2n) is 6.17. The zero-order valence-corrected chi connectivity index (χ0v) is 13.4. The SMILES string of the molecule is CC(C)(C)Nc1ncc(C(=O)Nc2ccccc2C(F)(F)F)cn1. The Balaban J connectivity index is 2.17. The Hall–Kier alpha value is -2.64. The number of carbonyl (C=O) groups excluding carboxylic acids is 1. The molecule has 2 rings (SSSR count). The van der Waals surface area contributed by atoms with Gasteiger partial charge in [-0.05, 0) is 32.9 Å². The van der Waals surface area contributed by atoms with Gasteiger partial charge in [0.25, 0.3) is 5.91 Å². The number of hydrogen-bond donors (Lipinski definition) is 2.